The van der Waals surface area contributed by atoms with Gasteiger partial charge in [0.25, 0.3) is 0 Å². The van der Waals surface area contributed by atoms with E-state index in [2.05, 4.69) is 67.4 Å². The van der Waals surface area contributed by atoms with Crippen LogP contribution in [0.3, 0.4) is 0 Å². The molecule has 0 fully saturated rings. The zero-order valence-corrected chi connectivity index (χ0v) is 13.6. The monoisotopic (exact) mass is 303 g/mol. The maximum atomic E-state index is 5.61. The Labute approximate surface area is 137 Å². The normalized spacial score (nSPS) is 10.5. The number of aryl methyl sites for hydroxylation is 1. The number of ether oxygens (including phenoxy) is 1. The number of hydrogen-bond donors (Lipinski definition) is 0. The molecule has 0 bridgehead atoms. The zero-order valence-electron chi connectivity index (χ0n) is 13.6. The fourth-order valence-corrected chi connectivity index (χ4v) is 2.42. The van der Waals surface area contributed by atoms with E-state index in [0.29, 0.717) is 0 Å². The van der Waals surface area contributed by atoms with Crippen LogP contribution in [-0.4, -0.2) is 11.6 Å². The van der Waals surface area contributed by atoms with Crippen LogP contribution in [0.5, 0.6) is 5.75 Å². The van der Waals surface area contributed by atoms with Crippen LogP contribution in [0.2, 0.25) is 0 Å². The van der Waals surface area contributed by atoms with Crippen LogP contribution in [0.4, 0.5) is 0 Å². The summed E-state index contributed by atoms with van der Waals surface area (Å²) in [6.45, 7) is 4.95. The van der Waals surface area contributed by atoms with Gasteiger partial charge in [0.15, 0.2) is 0 Å². The van der Waals surface area contributed by atoms with Crippen LogP contribution in [0, 0.1) is 6.92 Å². The summed E-state index contributed by atoms with van der Waals surface area (Å²) in [6.07, 6.45) is 2.95. The van der Waals surface area contributed by atoms with Gasteiger partial charge in [0, 0.05) is 17.3 Å². The molecule has 0 saturated heterocycles. The van der Waals surface area contributed by atoms with Gasteiger partial charge >= 0.3 is 0 Å². The molecule has 0 radical (unpaired) electrons. The first-order valence-corrected chi connectivity index (χ1v) is 8.02. The molecule has 3 aromatic rings. The molecule has 23 heavy (non-hydrogen) atoms. The highest BCUT2D eigenvalue weighted by Gasteiger charge is 2.02. The SMILES string of the molecule is CCCOc1ccc(-c2ccc(-c3ccc(C)cc3)cn2)cc1. The van der Waals surface area contributed by atoms with E-state index >= 15 is 0 Å². The number of nitrogens with zero attached hydrogens (tertiary/aromatic N) is 1. The van der Waals surface area contributed by atoms with E-state index in [4.69, 9.17) is 4.74 Å². The van der Waals surface area contributed by atoms with Gasteiger partial charge < -0.3 is 4.74 Å². The first-order chi connectivity index (χ1) is 11.3. The van der Waals surface area contributed by atoms with Crippen LogP contribution >= 0.6 is 0 Å². The molecule has 0 aliphatic rings. The van der Waals surface area contributed by atoms with Gasteiger partial charge in [0.2, 0.25) is 0 Å². The van der Waals surface area contributed by atoms with Crippen molar-refractivity contribution in [3.8, 4) is 28.1 Å². The highest BCUT2D eigenvalue weighted by Crippen LogP contribution is 2.24. The van der Waals surface area contributed by atoms with Crippen molar-refractivity contribution in [3.05, 3.63) is 72.4 Å². The molecule has 116 valence electrons. The molecule has 1 aromatic heterocycles. The van der Waals surface area contributed by atoms with Crippen LogP contribution in [0.15, 0.2) is 66.9 Å². The molecule has 0 spiro atoms. The molecule has 0 amide bonds. The Hall–Kier alpha value is -2.61. The van der Waals surface area contributed by atoms with Gasteiger partial charge in [0.05, 0.1) is 12.3 Å². The van der Waals surface area contributed by atoms with E-state index in [9.17, 15) is 0 Å². The Morgan fingerprint density at radius 2 is 1.43 bits per heavy atom. The molecular formula is C21H21NO. The van der Waals surface area contributed by atoms with E-state index in [1.54, 1.807) is 0 Å². The van der Waals surface area contributed by atoms with Crippen molar-refractivity contribution in [2.45, 2.75) is 20.3 Å². The fourth-order valence-electron chi connectivity index (χ4n) is 2.42. The number of pyridine rings is 1. The molecule has 2 heteroatoms. The predicted molar refractivity (Wildman–Crippen MR) is 95.6 cm³/mol. The maximum absolute atomic E-state index is 5.61. The second-order valence-corrected chi connectivity index (χ2v) is 5.67. The average molecular weight is 303 g/mol. The molecule has 2 aromatic carbocycles. The van der Waals surface area contributed by atoms with Crippen LogP contribution in [-0.2, 0) is 0 Å². The largest absolute Gasteiger partial charge is 0.494 e. The van der Waals surface area contributed by atoms with Gasteiger partial charge in [-0.3, -0.25) is 4.98 Å². The van der Waals surface area contributed by atoms with Crippen molar-refractivity contribution in [3.63, 3.8) is 0 Å². The van der Waals surface area contributed by atoms with E-state index < -0.39 is 0 Å². The van der Waals surface area contributed by atoms with Gasteiger partial charge in [-0.05, 0) is 49.2 Å². The Bertz CT molecular complexity index is 743. The predicted octanol–water partition coefficient (Wildman–Crippen LogP) is 5.51. The molecule has 0 aliphatic carbocycles. The lowest BCUT2D eigenvalue weighted by Gasteiger charge is -2.07. The molecule has 2 nitrogen and oxygen atoms in total. The van der Waals surface area contributed by atoms with Crippen molar-refractivity contribution in [2.75, 3.05) is 6.61 Å². The minimum atomic E-state index is 0.753. The third-order valence-electron chi connectivity index (χ3n) is 3.77. The number of benzene rings is 2. The molecule has 0 atom stereocenters. The van der Waals surface area contributed by atoms with Gasteiger partial charge in [0.1, 0.15) is 5.75 Å². The molecule has 0 aliphatic heterocycles. The van der Waals surface area contributed by atoms with Crippen LogP contribution < -0.4 is 4.74 Å². The quantitative estimate of drug-likeness (QED) is 0.619. The van der Waals surface area contributed by atoms with Gasteiger partial charge in [-0.2, -0.15) is 0 Å². The molecular weight excluding hydrogens is 282 g/mol. The third kappa shape index (κ3) is 3.78. The first-order valence-electron chi connectivity index (χ1n) is 8.02. The second kappa shape index (κ2) is 7.10. The topological polar surface area (TPSA) is 22.1 Å². The van der Waals surface area contributed by atoms with Gasteiger partial charge in [-0.15, -0.1) is 0 Å². The summed E-state index contributed by atoms with van der Waals surface area (Å²) >= 11 is 0. The summed E-state index contributed by atoms with van der Waals surface area (Å²) in [4.78, 5) is 4.60. The summed E-state index contributed by atoms with van der Waals surface area (Å²) in [5.74, 6) is 0.909. The molecule has 1 heterocycles. The number of hydrogen-bond acceptors (Lipinski definition) is 2. The summed E-state index contributed by atoms with van der Waals surface area (Å²) in [6, 6.07) is 20.8. The lowest BCUT2D eigenvalue weighted by atomic mass is 10.0. The minimum absolute atomic E-state index is 0.753. The van der Waals surface area contributed by atoms with E-state index in [1.807, 2.05) is 18.3 Å². The maximum Gasteiger partial charge on any atom is 0.119 e. The lowest BCUT2D eigenvalue weighted by Crippen LogP contribution is -1.94. The van der Waals surface area contributed by atoms with E-state index in [1.165, 1.54) is 11.1 Å². The highest BCUT2D eigenvalue weighted by molar-refractivity contribution is 5.67. The molecule has 0 unspecified atom stereocenters. The smallest absolute Gasteiger partial charge is 0.119 e. The second-order valence-electron chi connectivity index (χ2n) is 5.67. The van der Waals surface area contributed by atoms with Crippen molar-refractivity contribution < 1.29 is 4.74 Å². The van der Waals surface area contributed by atoms with Crippen LogP contribution in [0.1, 0.15) is 18.9 Å². The Morgan fingerprint density at radius 3 is 2.04 bits per heavy atom. The van der Waals surface area contributed by atoms with Gasteiger partial charge in [-0.25, -0.2) is 0 Å². The number of rotatable bonds is 5. The standard InChI is InChI=1S/C21H21NO/c1-3-14-23-20-11-8-18(9-12-20)21-13-10-19(15-22-21)17-6-4-16(2)5-7-17/h4-13,15H,3,14H2,1-2H3. The summed E-state index contributed by atoms with van der Waals surface area (Å²) in [7, 11) is 0. The number of aromatic nitrogens is 1. The van der Waals surface area contributed by atoms with Crippen molar-refractivity contribution in [1.29, 1.82) is 0 Å². The van der Waals surface area contributed by atoms with Crippen molar-refractivity contribution >= 4 is 0 Å². The van der Waals surface area contributed by atoms with Crippen molar-refractivity contribution in [1.82, 2.24) is 4.98 Å². The minimum Gasteiger partial charge on any atom is -0.494 e. The van der Waals surface area contributed by atoms with Gasteiger partial charge in [-0.1, -0.05) is 42.8 Å². The summed E-state index contributed by atoms with van der Waals surface area (Å²) in [5, 5.41) is 0. The average Bonchev–Trinajstić information content (AvgIpc) is 2.61. The fraction of sp³-hybridized carbons (Fsp3) is 0.190. The summed E-state index contributed by atoms with van der Waals surface area (Å²) < 4.78 is 5.61. The molecule has 0 N–H and O–H groups in total. The summed E-state index contributed by atoms with van der Waals surface area (Å²) in [5.41, 5.74) is 5.67. The zero-order chi connectivity index (χ0) is 16.1. The highest BCUT2D eigenvalue weighted by atomic mass is 16.5. The van der Waals surface area contributed by atoms with E-state index in [-0.39, 0.29) is 0 Å². The Morgan fingerprint density at radius 1 is 0.783 bits per heavy atom. The van der Waals surface area contributed by atoms with Crippen molar-refractivity contribution in [2.24, 2.45) is 0 Å². The van der Waals surface area contributed by atoms with Crippen LogP contribution in [0.25, 0.3) is 22.4 Å². The Balaban J connectivity index is 1.77. The third-order valence-corrected chi connectivity index (χ3v) is 3.77. The Kier molecular flexibility index (Phi) is 4.72. The first kappa shape index (κ1) is 15.3. The van der Waals surface area contributed by atoms with E-state index in [0.717, 1.165) is 35.6 Å². The molecule has 0 saturated carbocycles. The molecule has 3 rings (SSSR count). The lowest BCUT2D eigenvalue weighted by molar-refractivity contribution is 0.317.